The smallest absolute Gasteiger partial charge is 0.317 e. The van der Waals surface area contributed by atoms with Gasteiger partial charge in [0.25, 0.3) is 0 Å². The highest BCUT2D eigenvalue weighted by Crippen LogP contribution is 2.22. The maximum atomic E-state index is 10.7. The van der Waals surface area contributed by atoms with E-state index in [0.29, 0.717) is 5.92 Å². The fourth-order valence-corrected chi connectivity index (χ4v) is 1.59. The predicted octanol–water partition coefficient (Wildman–Crippen LogP) is 2.13. The van der Waals surface area contributed by atoms with Gasteiger partial charge in [-0.05, 0) is 12.8 Å². The van der Waals surface area contributed by atoms with Gasteiger partial charge in [0.2, 0.25) is 0 Å². The van der Waals surface area contributed by atoms with Gasteiger partial charge in [0.15, 0.2) is 0 Å². The molecule has 2 nitrogen and oxygen atoms in total. The monoisotopic (exact) mass is 180 g/mol. The number of carbonyl (C=O) groups excluding carboxylic acids is 1. The Morgan fingerprint density at radius 1 is 1.38 bits per heavy atom. The largest absolute Gasteiger partial charge is 0.468 e. The molecule has 72 valence electrons. The van der Waals surface area contributed by atoms with Gasteiger partial charge < -0.3 is 4.74 Å². The normalized spacial score (nSPS) is 17.3. The molecule has 1 aliphatic carbocycles. The van der Waals surface area contributed by atoms with E-state index in [9.17, 15) is 4.79 Å². The molecule has 2 heteroatoms. The molecule has 0 spiro atoms. The summed E-state index contributed by atoms with van der Waals surface area (Å²) in [5.41, 5.74) is 0. The zero-order chi connectivity index (χ0) is 9.52. The third-order valence-corrected chi connectivity index (χ3v) is 2.37. The van der Waals surface area contributed by atoms with Crippen LogP contribution in [-0.2, 0) is 9.53 Å². The van der Waals surface area contributed by atoms with Crippen LogP contribution in [0.25, 0.3) is 0 Å². The number of hydrogen-bond acceptors (Lipinski definition) is 2. The van der Waals surface area contributed by atoms with Crippen molar-refractivity contribution in [3.8, 4) is 11.8 Å². The lowest BCUT2D eigenvalue weighted by molar-refractivity contribution is -0.139. The van der Waals surface area contributed by atoms with E-state index in [4.69, 9.17) is 0 Å². The first-order valence-electron chi connectivity index (χ1n) is 4.88. The Labute approximate surface area is 79.7 Å². The zero-order valence-electron chi connectivity index (χ0n) is 8.14. The van der Waals surface area contributed by atoms with Gasteiger partial charge >= 0.3 is 5.97 Å². The minimum absolute atomic E-state index is 0.233. The topological polar surface area (TPSA) is 26.3 Å². The maximum absolute atomic E-state index is 10.7. The first kappa shape index (κ1) is 10.1. The summed E-state index contributed by atoms with van der Waals surface area (Å²) in [4.78, 5) is 10.7. The van der Waals surface area contributed by atoms with E-state index in [2.05, 4.69) is 16.6 Å². The van der Waals surface area contributed by atoms with E-state index in [0.717, 1.165) is 0 Å². The summed E-state index contributed by atoms with van der Waals surface area (Å²) < 4.78 is 4.50. The lowest BCUT2D eigenvalue weighted by Crippen LogP contribution is -2.03. The minimum atomic E-state index is -0.233. The Bertz CT molecular complexity index is 216. The molecule has 0 aromatic rings. The van der Waals surface area contributed by atoms with Crippen molar-refractivity contribution in [3.05, 3.63) is 0 Å². The number of carbonyl (C=O) groups is 1. The van der Waals surface area contributed by atoms with E-state index in [1.165, 1.54) is 39.2 Å². The van der Waals surface area contributed by atoms with E-state index >= 15 is 0 Å². The molecule has 13 heavy (non-hydrogen) atoms. The molecule has 1 fully saturated rings. The zero-order valence-corrected chi connectivity index (χ0v) is 8.14. The van der Waals surface area contributed by atoms with Crippen molar-refractivity contribution >= 4 is 5.97 Å². The summed E-state index contributed by atoms with van der Waals surface area (Å²) in [6.45, 7) is 0. The molecule has 0 heterocycles. The predicted molar refractivity (Wildman–Crippen MR) is 51.0 cm³/mol. The van der Waals surface area contributed by atoms with Gasteiger partial charge in [0.1, 0.15) is 6.42 Å². The molecular weight excluding hydrogens is 164 g/mol. The molecule has 0 saturated heterocycles. The Morgan fingerprint density at radius 2 is 2.08 bits per heavy atom. The highest BCUT2D eigenvalue weighted by atomic mass is 16.5. The van der Waals surface area contributed by atoms with Gasteiger partial charge in [-0.1, -0.05) is 31.1 Å². The van der Waals surface area contributed by atoms with Crippen LogP contribution in [0, 0.1) is 17.8 Å². The fraction of sp³-hybridized carbons (Fsp3) is 0.727. The second-order valence-electron chi connectivity index (χ2n) is 3.41. The Balaban J connectivity index is 2.24. The van der Waals surface area contributed by atoms with Gasteiger partial charge in [-0.25, -0.2) is 0 Å². The van der Waals surface area contributed by atoms with Crippen LogP contribution in [0.5, 0.6) is 0 Å². The second kappa shape index (κ2) is 5.64. The van der Waals surface area contributed by atoms with Crippen LogP contribution in [0.4, 0.5) is 0 Å². The van der Waals surface area contributed by atoms with Crippen LogP contribution in [0.15, 0.2) is 0 Å². The molecule has 0 aliphatic heterocycles. The van der Waals surface area contributed by atoms with Crippen LogP contribution >= 0.6 is 0 Å². The number of rotatable bonds is 1. The van der Waals surface area contributed by atoms with Crippen LogP contribution in [-0.4, -0.2) is 13.1 Å². The standard InChI is InChI=1S/C11H16O2/c1-13-11(12)9-5-8-10-6-3-2-4-7-10/h10H,2-4,6-7,9H2,1H3. The van der Waals surface area contributed by atoms with E-state index in [1.54, 1.807) is 0 Å². The highest BCUT2D eigenvalue weighted by molar-refractivity contribution is 5.72. The maximum Gasteiger partial charge on any atom is 0.317 e. The summed E-state index contributed by atoms with van der Waals surface area (Å²) in [6.07, 6.45) is 6.57. The molecule has 0 amide bonds. The lowest BCUT2D eigenvalue weighted by atomic mass is 9.90. The minimum Gasteiger partial charge on any atom is -0.468 e. The summed E-state index contributed by atoms with van der Waals surface area (Å²) in [7, 11) is 1.39. The molecule has 0 radical (unpaired) electrons. The summed E-state index contributed by atoms with van der Waals surface area (Å²) >= 11 is 0. The number of hydrogen-bond donors (Lipinski definition) is 0. The highest BCUT2D eigenvalue weighted by Gasteiger charge is 2.09. The molecule has 0 N–H and O–H groups in total. The van der Waals surface area contributed by atoms with Gasteiger partial charge in [-0.2, -0.15) is 0 Å². The van der Waals surface area contributed by atoms with Crippen molar-refractivity contribution in [2.75, 3.05) is 7.11 Å². The molecule has 1 rings (SSSR count). The van der Waals surface area contributed by atoms with Crippen molar-refractivity contribution in [3.63, 3.8) is 0 Å². The quantitative estimate of drug-likeness (QED) is 0.456. The Morgan fingerprint density at radius 3 is 2.69 bits per heavy atom. The van der Waals surface area contributed by atoms with E-state index < -0.39 is 0 Å². The first-order valence-corrected chi connectivity index (χ1v) is 4.88. The molecule has 0 bridgehead atoms. The molecule has 0 atom stereocenters. The average molecular weight is 180 g/mol. The van der Waals surface area contributed by atoms with Gasteiger partial charge in [0.05, 0.1) is 7.11 Å². The third kappa shape index (κ3) is 3.98. The molecule has 1 aliphatic rings. The molecule has 0 aromatic carbocycles. The van der Waals surface area contributed by atoms with Crippen LogP contribution in [0.2, 0.25) is 0 Å². The van der Waals surface area contributed by atoms with Crippen LogP contribution < -0.4 is 0 Å². The van der Waals surface area contributed by atoms with E-state index in [-0.39, 0.29) is 12.4 Å². The lowest BCUT2D eigenvalue weighted by Gasteiger charge is -2.15. The number of ether oxygens (including phenoxy) is 1. The van der Waals surface area contributed by atoms with Crippen molar-refractivity contribution in [1.82, 2.24) is 0 Å². The molecule has 0 aromatic heterocycles. The van der Waals surface area contributed by atoms with Crippen molar-refractivity contribution in [2.45, 2.75) is 38.5 Å². The average Bonchev–Trinajstić information content (AvgIpc) is 2.19. The summed E-state index contributed by atoms with van der Waals surface area (Å²) in [5.74, 6) is 6.31. The van der Waals surface area contributed by atoms with Crippen molar-refractivity contribution in [2.24, 2.45) is 5.92 Å². The molecular formula is C11H16O2. The third-order valence-electron chi connectivity index (χ3n) is 2.37. The summed E-state index contributed by atoms with van der Waals surface area (Å²) in [6, 6.07) is 0. The van der Waals surface area contributed by atoms with Crippen molar-refractivity contribution in [1.29, 1.82) is 0 Å². The number of esters is 1. The SMILES string of the molecule is COC(=O)CC#CC1CCCCC1. The molecule has 1 saturated carbocycles. The Kier molecular flexibility index (Phi) is 4.39. The molecule has 0 unspecified atom stereocenters. The van der Waals surface area contributed by atoms with Gasteiger partial charge in [-0.3, -0.25) is 4.79 Å². The first-order chi connectivity index (χ1) is 6.33. The van der Waals surface area contributed by atoms with Gasteiger partial charge in [0, 0.05) is 5.92 Å². The van der Waals surface area contributed by atoms with Crippen LogP contribution in [0.3, 0.4) is 0 Å². The number of methoxy groups -OCH3 is 1. The van der Waals surface area contributed by atoms with Crippen molar-refractivity contribution < 1.29 is 9.53 Å². The van der Waals surface area contributed by atoms with Gasteiger partial charge in [-0.15, -0.1) is 0 Å². The summed E-state index contributed by atoms with van der Waals surface area (Å²) in [5, 5.41) is 0. The van der Waals surface area contributed by atoms with Crippen LogP contribution in [0.1, 0.15) is 38.5 Å². The fourth-order valence-electron chi connectivity index (χ4n) is 1.59. The van der Waals surface area contributed by atoms with E-state index in [1.807, 2.05) is 0 Å². The Hall–Kier alpha value is -0.970. The second-order valence-corrected chi connectivity index (χ2v) is 3.41.